The Bertz CT molecular complexity index is 1580. The number of fused-ring (bicyclic) bond motifs is 2. The molecule has 4 aliphatic heterocycles. The zero-order chi connectivity index (χ0) is 32.3. The van der Waals surface area contributed by atoms with Crippen molar-refractivity contribution in [1.82, 2.24) is 29.8 Å². The highest BCUT2D eigenvalue weighted by Crippen LogP contribution is 2.32. The third-order valence-electron chi connectivity index (χ3n) is 11.4. The van der Waals surface area contributed by atoms with Gasteiger partial charge in [-0.2, -0.15) is 5.10 Å². The van der Waals surface area contributed by atoms with E-state index in [9.17, 15) is 14.4 Å². The van der Waals surface area contributed by atoms with Gasteiger partial charge in [-0.1, -0.05) is 24.3 Å². The lowest BCUT2D eigenvalue weighted by Crippen LogP contribution is -2.50. The van der Waals surface area contributed by atoms with Crippen molar-refractivity contribution in [2.45, 2.75) is 63.8 Å². The van der Waals surface area contributed by atoms with Crippen LogP contribution in [-0.2, 0) is 29.5 Å². The number of aryl methyl sites for hydroxylation is 1. The maximum atomic E-state index is 14.2. The van der Waals surface area contributed by atoms with E-state index >= 15 is 0 Å². The van der Waals surface area contributed by atoms with Gasteiger partial charge in [0.15, 0.2) is 0 Å². The first-order chi connectivity index (χ1) is 22.9. The Labute approximate surface area is 277 Å². The summed E-state index contributed by atoms with van der Waals surface area (Å²) in [5, 5.41) is 12.0. The van der Waals surface area contributed by atoms with Gasteiger partial charge in [-0.15, -0.1) is 0 Å². The summed E-state index contributed by atoms with van der Waals surface area (Å²) >= 11 is 0. The van der Waals surface area contributed by atoms with Crippen molar-refractivity contribution >= 4 is 34.4 Å². The number of hydrogen-bond acceptors (Lipinski definition) is 5. The maximum absolute atomic E-state index is 14.2. The van der Waals surface area contributed by atoms with E-state index < -0.39 is 5.92 Å². The van der Waals surface area contributed by atoms with Crippen LogP contribution in [0.15, 0.2) is 48.7 Å². The van der Waals surface area contributed by atoms with E-state index in [2.05, 4.69) is 40.0 Å². The van der Waals surface area contributed by atoms with E-state index in [1.54, 1.807) is 0 Å². The van der Waals surface area contributed by atoms with Crippen molar-refractivity contribution in [3.05, 3.63) is 59.8 Å². The molecule has 0 saturated carbocycles. The normalized spacial score (nSPS) is 21.0. The molecule has 4 aliphatic rings. The smallest absolute Gasteiger partial charge is 0.322 e. The van der Waals surface area contributed by atoms with Crippen LogP contribution in [0.25, 0.3) is 10.9 Å². The predicted octanol–water partition coefficient (Wildman–Crippen LogP) is 4.44. The molecule has 2 aromatic carbocycles. The molecule has 10 nitrogen and oxygen atoms in total. The minimum absolute atomic E-state index is 0.0431. The summed E-state index contributed by atoms with van der Waals surface area (Å²) < 4.78 is 1.86. The monoisotopic (exact) mass is 639 g/mol. The number of likely N-dealkylation sites (tertiary alicyclic amines) is 2. The minimum atomic E-state index is -0.403. The molecule has 10 heteroatoms. The number of nitrogens with zero attached hydrogens (tertiary/aromatic N) is 5. The van der Waals surface area contributed by atoms with Gasteiger partial charge in [0.2, 0.25) is 11.8 Å². The van der Waals surface area contributed by atoms with Gasteiger partial charge in [0.05, 0.1) is 17.6 Å². The van der Waals surface area contributed by atoms with Crippen molar-refractivity contribution in [2.75, 3.05) is 51.1 Å². The quantitative estimate of drug-likeness (QED) is 0.398. The van der Waals surface area contributed by atoms with E-state index in [-0.39, 0.29) is 30.3 Å². The number of benzene rings is 2. The molecule has 5 heterocycles. The van der Waals surface area contributed by atoms with Gasteiger partial charge in [-0.25, -0.2) is 4.79 Å². The van der Waals surface area contributed by atoms with Crippen LogP contribution in [-0.4, -0.2) is 94.2 Å². The number of carbonyl (C=O) groups excluding carboxylic acids is 3. The SMILES string of the molecule is Cn1ncc2cc(CC(CC(=O)N3CCC(N4CCc5ccccc5NC4=O)CC3)C(=O)N3CCC(C4CCNCC4)CC3)ccc21. The van der Waals surface area contributed by atoms with Gasteiger partial charge in [-0.3, -0.25) is 14.3 Å². The fourth-order valence-corrected chi connectivity index (χ4v) is 8.54. The third-order valence-corrected chi connectivity index (χ3v) is 11.4. The number of carbonyl (C=O) groups is 3. The third kappa shape index (κ3) is 7.03. The molecule has 0 spiro atoms. The largest absolute Gasteiger partial charge is 0.343 e. The Kier molecular flexibility index (Phi) is 9.47. The summed E-state index contributed by atoms with van der Waals surface area (Å²) in [6, 6.07) is 14.3. The summed E-state index contributed by atoms with van der Waals surface area (Å²) in [5.41, 5.74) is 4.16. The number of hydrogen-bond donors (Lipinski definition) is 2. The molecule has 0 aliphatic carbocycles. The number of piperidine rings is 3. The van der Waals surface area contributed by atoms with Crippen molar-refractivity contribution in [2.24, 2.45) is 24.8 Å². The highest BCUT2D eigenvalue weighted by molar-refractivity contribution is 5.91. The lowest BCUT2D eigenvalue weighted by Gasteiger charge is -2.40. The molecule has 0 bridgehead atoms. The molecule has 7 rings (SSSR count). The lowest BCUT2D eigenvalue weighted by atomic mass is 9.79. The zero-order valence-corrected chi connectivity index (χ0v) is 27.7. The van der Waals surface area contributed by atoms with Crippen LogP contribution in [0.2, 0.25) is 0 Å². The van der Waals surface area contributed by atoms with Crippen LogP contribution in [0.3, 0.4) is 0 Å². The Hall–Kier alpha value is -3.92. The number of para-hydroxylation sites is 1. The van der Waals surface area contributed by atoms with Gasteiger partial charge < -0.3 is 25.3 Å². The molecule has 0 radical (unpaired) electrons. The molecule has 4 amide bonds. The Balaban J connectivity index is 0.995. The molecular weight excluding hydrogens is 590 g/mol. The van der Waals surface area contributed by atoms with Crippen LogP contribution in [0, 0.1) is 17.8 Å². The predicted molar refractivity (Wildman–Crippen MR) is 183 cm³/mol. The average molecular weight is 640 g/mol. The van der Waals surface area contributed by atoms with E-state index in [1.165, 1.54) is 12.8 Å². The number of nitrogens with one attached hydrogen (secondary N) is 2. The summed E-state index contributed by atoms with van der Waals surface area (Å²) in [7, 11) is 1.93. The number of anilines is 1. The maximum Gasteiger partial charge on any atom is 0.322 e. The van der Waals surface area contributed by atoms with Crippen molar-refractivity contribution < 1.29 is 14.4 Å². The fourth-order valence-electron chi connectivity index (χ4n) is 8.54. The minimum Gasteiger partial charge on any atom is -0.343 e. The highest BCUT2D eigenvalue weighted by Gasteiger charge is 2.36. The van der Waals surface area contributed by atoms with Crippen LogP contribution in [0.1, 0.15) is 56.1 Å². The molecule has 250 valence electrons. The standard InChI is InChI=1S/C37H49N7O3/c1-41-34-7-6-26(23-31(34)25-39-41)22-30(36(46)43-17-10-28(11-18-43)27-8-15-38-16-9-27)24-35(45)42-19-13-32(14-20-42)44-21-12-29-4-2-3-5-33(29)40-37(44)47/h2-7,23,25,27-28,30,32,38H,8-22,24H2,1H3,(H,40,47). The molecular formula is C37H49N7O3. The van der Waals surface area contributed by atoms with Crippen molar-refractivity contribution in [3.8, 4) is 0 Å². The summed E-state index contributed by atoms with van der Waals surface area (Å²) in [4.78, 5) is 47.1. The second kappa shape index (κ2) is 14.1. The van der Waals surface area contributed by atoms with E-state index in [0.717, 1.165) is 91.9 Å². The van der Waals surface area contributed by atoms with Gasteiger partial charge in [-0.05, 0) is 106 Å². The summed E-state index contributed by atoms with van der Waals surface area (Å²) in [6.45, 7) is 5.65. The first kappa shape index (κ1) is 31.7. The van der Waals surface area contributed by atoms with Gasteiger partial charge in [0.25, 0.3) is 0 Å². The van der Waals surface area contributed by atoms with Crippen LogP contribution in [0.4, 0.5) is 10.5 Å². The molecule has 3 saturated heterocycles. The van der Waals surface area contributed by atoms with Crippen LogP contribution < -0.4 is 10.6 Å². The van der Waals surface area contributed by atoms with E-state index in [1.807, 2.05) is 50.8 Å². The average Bonchev–Trinajstić information content (AvgIpc) is 3.38. The molecule has 1 aromatic heterocycles. The number of urea groups is 1. The Morgan fingerprint density at radius 1 is 0.894 bits per heavy atom. The molecule has 1 atom stereocenters. The van der Waals surface area contributed by atoms with Crippen molar-refractivity contribution in [1.29, 1.82) is 0 Å². The van der Waals surface area contributed by atoms with E-state index in [0.29, 0.717) is 32.0 Å². The lowest BCUT2D eigenvalue weighted by molar-refractivity contribution is -0.143. The number of rotatable bonds is 7. The van der Waals surface area contributed by atoms with Crippen molar-refractivity contribution in [3.63, 3.8) is 0 Å². The topological polar surface area (TPSA) is 103 Å². The first-order valence-corrected chi connectivity index (χ1v) is 17.8. The Morgan fingerprint density at radius 2 is 1.62 bits per heavy atom. The molecule has 2 N–H and O–H groups in total. The second-order valence-electron chi connectivity index (χ2n) is 14.2. The Morgan fingerprint density at radius 3 is 2.40 bits per heavy atom. The second-order valence-corrected chi connectivity index (χ2v) is 14.2. The number of aromatic nitrogens is 2. The molecule has 3 fully saturated rings. The highest BCUT2D eigenvalue weighted by atomic mass is 16.2. The van der Waals surface area contributed by atoms with E-state index in [4.69, 9.17) is 0 Å². The number of amides is 4. The van der Waals surface area contributed by atoms with Gasteiger partial charge in [0, 0.05) is 63.3 Å². The van der Waals surface area contributed by atoms with Gasteiger partial charge in [0.1, 0.15) is 0 Å². The summed E-state index contributed by atoms with van der Waals surface area (Å²) in [5.74, 6) is 1.21. The molecule has 1 unspecified atom stereocenters. The molecule has 3 aromatic rings. The fraction of sp³-hybridized carbons (Fsp3) is 0.568. The molecule has 47 heavy (non-hydrogen) atoms. The summed E-state index contributed by atoms with van der Waals surface area (Å²) in [6.07, 6.45) is 9.50. The zero-order valence-electron chi connectivity index (χ0n) is 27.7. The van der Waals surface area contributed by atoms with Crippen LogP contribution in [0.5, 0.6) is 0 Å². The first-order valence-electron chi connectivity index (χ1n) is 17.8. The van der Waals surface area contributed by atoms with Crippen LogP contribution >= 0.6 is 0 Å². The van der Waals surface area contributed by atoms with Gasteiger partial charge >= 0.3 is 6.03 Å².